The maximum Gasteiger partial charge on any atom is 0.337 e. The van der Waals surface area contributed by atoms with Crippen LogP contribution < -0.4 is 4.72 Å². The number of carbonyl (C=O) groups is 1. The Hall–Kier alpha value is -2.12. The smallest absolute Gasteiger partial charge is 0.337 e. The fraction of sp³-hybridized carbons (Fsp3) is 0. The van der Waals surface area contributed by atoms with Crippen LogP contribution in [0.3, 0.4) is 0 Å². The standard InChI is InChI=1S/C13H9ClFNO4S/c14-9-5-3-4-8(13(17)18)12(9)16-21(19,20)11-7-2-1-6-10(11)15/h1-7,16H,(H,17,18). The molecule has 5 nitrogen and oxygen atoms in total. The number of carboxylic acid groups (broad SMARTS) is 1. The Labute approximate surface area is 125 Å². The Morgan fingerprint density at radius 2 is 1.81 bits per heavy atom. The van der Waals surface area contributed by atoms with Gasteiger partial charge in [-0.05, 0) is 24.3 Å². The van der Waals surface area contributed by atoms with Crippen LogP contribution in [-0.2, 0) is 10.0 Å². The van der Waals surface area contributed by atoms with Crippen molar-refractivity contribution in [1.82, 2.24) is 0 Å². The van der Waals surface area contributed by atoms with Gasteiger partial charge in [-0.3, -0.25) is 4.72 Å². The first-order valence-electron chi connectivity index (χ1n) is 5.62. The summed E-state index contributed by atoms with van der Waals surface area (Å²) in [6, 6.07) is 8.62. The zero-order chi connectivity index (χ0) is 15.6. The number of nitrogens with one attached hydrogen (secondary N) is 1. The molecule has 8 heteroatoms. The Bertz CT molecular complexity index is 808. The van der Waals surface area contributed by atoms with E-state index in [9.17, 15) is 17.6 Å². The maximum atomic E-state index is 13.6. The van der Waals surface area contributed by atoms with Gasteiger partial charge in [-0.1, -0.05) is 29.8 Å². The van der Waals surface area contributed by atoms with E-state index in [2.05, 4.69) is 0 Å². The number of aromatic carboxylic acids is 1. The highest BCUT2D eigenvalue weighted by Crippen LogP contribution is 2.29. The SMILES string of the molecule is O=C(O)c1cccc(Cl)c1NS(=O)(=O)c1ccccc1F. The molecule has 2 aromatic carbocycles. The first kappa shape index (κ1) is 15.3. The van der Waals surface area contributed by atoms with Gasteiger partial charge in [0.25, 0.3) is 10.0 Å². The minimum absolute atomic E-state index is 0.102. The Morgan fingerprint density at radius 3 is 2.43 bits per heavy atom. The quantitative estimate of drug-likeness (QED) is 0.903. The second-order valence-corrected chi connectivity index (χ2v) is 6.06. The van der Waals surface area contributed by atoms with Gasteiger partial charge in [-0.25, -0.2) is 17.6 Å². The summed E-state index contributed by atoms with van der Waals surface area (Å²) in [4.78, 5) is 10.5. The van der Waals surface area contributed by atoms with Crippen molar-refractivity contribution in [3.8, 4) is 0 Å². The highest BCUT2D eigenvalue weighted by atomic mass is 35.5. The summed E-state index contributed by atoms with van der Waals surface area (Å²) in [6.45, 7) is 0. The normalized spacial score (nSPS) is 11.1. The highest BCUT2D eigenvalue weighted by molar-refractivity contribution is 7.92. The first-order valence-corrected chi connectivity index (χ1v) is 7.48. The number of halogens is 2. The molecule has 2 aromatic rings. The number of rotatable bonds is 4. The van der Waals surface area contributed by atoms with E-state index >= 15 is 0 Å². The molecule has 0 bridgehead atoms. The Kier molecular flexibility index (Phi) is 4.15. The molecule has 0 spiro atoms. The fourth-order valence-electron chi connectivity index (χ4n) is 1.66. The summed E-state index contributed by atoms with van der Waals surface area (Å²) in [7, 11) is -4.30. The van der Waals surface area contributed by atoms with Crippen molar-refractivity contribution in [3.63, 3.8) is 0 Å². The second-order valence-electron chi connectivity index (χ2n) is 4.00. The second kappa shape index (κ2) is 5.71. The number of carboxylic acids is 1. The number of hydrogen-bond acceptors (Lipinski definition) is 3. The van der Waals surface area contributed by atoms with E-state index in [1.165, 1.54) is 30.3 Å². The van der Waals surface area contributed by atoms with E-state index in [0.717, 1.165) is 12.1 Å². The molecule has 21 heavy (non-hydrogen) atoms. The molecule has 0 saturated carbocycles. The van der Waals surface area contributed by atoms with E-state index in [1.807, 2.05) is 4.72 Å². The predicted molar refractivity (Wildman–Crippen MR) is 75.6 cm³/mol. The minimum atomic E-state index is -4.30. The van der Waals surface area contributed by atoms with Crippen molar-refractivity contribution in [2.75, 3.05) is 4.72 Å². The molecule has 110 valence electrons. The molecule has 0 atom stereocenters. The van der Waals surface area contributed by atoms with Crippen LogP contribution >= 0.6 is 11.6 Å². The Morgan fingerprint density at radius 1 is 1.14 bits per heavy atom. The molecule has 2 N–H and O–H groups in total. The van der Waals surface area contributed by atoms with Crippen LogP contribution in [0.2, 0.25) is 5.02 Å². The minimum Gasteiger partial charge on any atom is -0.478 e. The molecule has 0 radical (unpaired) electrons. The lowest BCUT2D eigenvalue weighted by molar-refractivity contribution is 0.0698. The van der Waals surface area contributed by atoms with Crippen LogP contribution in [0.5, 0.6) is 0 Å². The zero-order valence-electron chi connectivity index (χ0n) is 10.4. The van der Waals surface area contributed by atoms with Gasteiger partial charge in [0.1, 0.15) is 10.7 Å². The number of sulfonamides is 1. The van der Waals surface area contributed by atoms with E-state index in [0.29, 0.717) is 0 Å². The summed E-state index contributed by atoms with van der Waals surface area (Å²) in [6.07, 6.45) is 0. The molecule has 0 saturated heterocycles. The summed E-state index contributed by atoms with van der Waals surface area (Å²) in [5.74, 6) is -2.31. The van der Waals surface area contributed by atoms with Crippen LogP contribution in [0.15, 0.2) is 47.4 Å². The molecule has 2 rings (SSSR count). The molecule has 0 aliphatic rings. The van der Waals surface area contributed by atoms with Gasteiger partial charge in [-0.2, -0.15) is 0 Å². The van der Waals surface area contributed by atoms with Crippen LogP contribution in [0.25, 0.3) is 0 Å². The third kappa shape index (κ3) is 3.14. The van der Waals surface area contributed by atoms with Crippen molar-refractivity contribution in [2.45, 2.75) is 4.90 Å². The average Bonchev–Trinajstić information content (AvgIpc) is 2.41. The lowest BCUT2D eigenvalue weighted by Gasteiger charge is -2.12. The van der Waals surface area contributed by atoms with Crippen LogP contribution in [0.4, 0.5) is 10.1 Å². The van der Waals surface area contributed by atoms with Gasteiger partial charge in [0.15, 0.2) is 0 Å². The van der Waals surface area contributed by atoms with E-state index < -0.39 is 26.7 Å². The van der Waals surface area contributed by atoms with Crippen molar-refractivity contribution in [1.29, 1.82) is 0 Å². The van der Waals surface area contributed by atoms with E-state index in [1.54, 1.807) is 0 Å². The first-order chi connectivity index (χ1) is 9.83. The van der Waals surface area contributed by atoms with Gasteiger partial charge in [0.2, 0.25) is 0 Å². The summed E-state index contributed by atoms with van der Waals surface area (Å²) in [5.41, 5.74) is -0.641. The molecule has 0 fully saturated rings. The summed E-state index contributed by atoms with van der Waals surface area (Å²) < 4.78 is 39.9. The van der Waals surface area contributed by atoms with Crippen molar-refractivity contribution in [2.24, 2.45) is 0 Å². The lowest BCUT2D eigenvalue weighted by atomic mass is 10.2. The predicted octanol–water partition coefficient (Wildman–Crippen LogP) is 2.98. The van der Waals surface area contributed by atoms with Gasteiger partial charge < -0.3 is 5.11 Å². The third-order valence-electron chi connectivity index (χ3n) is 2.61. The Balaban J connectivity index is 2.52. The zero-order valence-corrected chi connectivity index (χ0v) is 12.0. The molecule has 0 aliphatic heterocycles. The van der Waals surface area contributed by atoms with Gasteiger partial charge in [-0.15, -0.1) is 0 Å². The van der Waals surface area contributed by atoms with Crippen molar-refractivity contribution in [3.05, 3.63) is 58.9 Å². The number of benzene rings is 2. The molecular formula is C13H9ClFNO4S. The number of anilines is 1. The monoisotopic (exact) mass is 329 g/mol. The molecule has 0 heterocycles. The molecule has 0 unspecified atom stereocenters. The van der Waals surface area contributed by atoms with Crippen LogP contribution in [0, 0.1) is 5.82 Å². The maximum absolute atomic E-state index is 13.6. The molecular weight excluding hydrogens is 321 g/mol. The van der Waals surface area contributed by atoms with Crippen molar-refractivity contribution < 1.29 is 22.7 Å². The van der Waals surface area contributed by atoms with Gasteiger partial charge in [0.05, 0.1) is 16.3 Å². The fourth-order valence-corrected chi connectivity index (χ4v) is 3.12. The van der Waals surface area contributed by atoms with Gasteiger partial charge in [0, 0.05) is 0 Å². The van der Waals surface area contributed by atoms with Crippen molar-refractivity contribution >= 4 is 33.3 Å². The number of para-hydroxylation sites is 1. The summed E-state index contributed by atoms with van der Waals surface area (Å²) >= 11 is 5.82. The van der Waals surface area contributed by atoms with Gasteiger partial charge >= 0.3 is 5.97 Å². The lowest BCUT2D eigenvalue weighted by Crippen LogP contribution is -2.17. The average molecular weight is 330 g/mol. The molecule has 0 amide bonds. The largest absolute Gasteiger partial charge is 0.478 e. The highest BCUT2D eigenvalue weighted by Gasteiger charge is 2.23. The third-order valence-corrected chi connectivity index (χ3v) is 4.30. The summed E-state index contributed by atoms with van der Waals surface area (Å²) in [5, 5.41) is 8.94. The number of hydrogen-bond donors (Lipinski definition) is 2. The van der Waals surface area contributed by atoms with E-state index in [-0.39, 0.29) is 16.3 Å². The van der Waals surface area contributed by atoms with Crippen LogP contribution in [-0.4, -0.2) is 19.5 Å². The molecule has 0 aromatic heterocycles. The van der Waals surface area contributed by atoms with Crippen LogP contribution in [0.1, 0.15) is 10.4 Å². The molecule has 0 aliphatic carbocycles. The topological polar surface area (TPSA) is 83.5 Å². The van der Waals surface area contributed by atoms with E-state index in [4.69, 9.17) is 16.7 Å².